The summed E-state index contributed by atoms with van der Waals surface area (Å²) >= 11 is 7.14. The summed E-state index contributed by atoms with van der Waals surface area (Å²) < 4.78 is 5.62. The lowest BCUT2D eigenvalue weighted by Gasteiger charge is -2.10. The van der Waals surface area contributed by atoms with Gasteiger partial charge in [0.1, 0.15) is 5.52 Å². The SMILES string of the molecule is CC(Sc1nc2ccccc2o1)C(=O)NCc1ccc(Cl)cc1. The average molecular weight is 347 g/mol. The Morgan fingerprint density at radius 1 is 1.26 bits per heavy atom. The van der Waals surface area contributed by atoms with Gasteiger partial charge in [0.25, 0.3) is 5.22 Å². The van der Waals surface area contributed by atoms with Gasteiger partial charge in [0, 0.05) is 11.6 Å². The Labute approximate surface area is 143 Å². The van der Waals surface area contributed by atoms with Gasteiger partial charge in [-0.25, -0.2) is 4.98 Å². The van der Waals surface area contributed by atoms with Crippen LogP contribution in [0.15, 0.2) is 58.2 Å². The predicted molar refractivity (Wildman–Crippen MR) is 92.6 cm³/mol. The molecular formula is C17H15ClN2O2S. The fourth-order valence-corrected chi connectivity index (χ4v) is 2.95. The van der Waals surface area contributed by atoms with E-state index >= 15 is 0 Å². The lowest BCUT2D eigenvalue weighted by molar-refractivity contribution is -0.120. The molecule has 1 heterocycles. The Morgan fingerprint density at radius 2 is 2.00 bits per heavy atom. The van der Waals surface area contributed by atoms with E-state index < -0.39 is 0 Å². The molecule has 0 saturated heterocycles. The molecule has 1 unspecified atom stereocenters. The van der Waals surface area contributed by atoms with Crippen molar-refractivity contribution in [2.45, 2.75) is 23.9 Å². The molecule has 0 spiro atoms. The quantitative estimate of drug-likeness (QED) is 0.701. The van der Waals surface area contributed by atoms with Crippen LogP contribution < -0.4 is 5.32 Å². The van der Waals surface area contributed by atoms with Gasteiger partial charge in [-0.2, -0.15) is 0 Å². The van der Waals surface area contributed by atoms with Gasteiger partial charge in [-0.1, -0.05) is 47.6 Å². The van der Waals surface area contributed by atoms with Gasteiger partial charge in [-0.05, 0) is 36.8 Å². The van der Waals surface area contributed by atoms with Crippen molar-refractivity contribution in [1.82, 2.24) is 10.3 Å². The molecule has 0 radical (unpaired) electrons. The van der Waals surface area contributed by atoms with Gasteiger partial charge in [0.15, 0.2) is 5.58 Å². The predicted octanol–water partition coefficient (Wildman–Crippen LogP) is 4.28. The third-order valence-corrected chi connectivity index (χ3v) is 4.50. The largest absolute Gasteiger partial charge is 0.431 e. The summed E-state index contributed by atoms with van der Waals surface area (Å²) in [6.45, 7) is 2.30. The zero-order chi connectivity index (χ0) is 16.2. The van der Waals surface area contributed by atoms with Gasteiger partial charge in [-0.15, -0.1) is 0 Å². The van der Waals surface area contributed by atoms with Crippen LogP contribution in [0, 0.1) is 0 Å². The number of thioether (sulfide) groups is 1. The third kappa shape index (κ3) is 4.06. The van der Waals surface area contributed by atoms with Crippen molar-refractivity contribution in [3.05, 3.63) is 59.1 Å². The van der Waals surface area contributed by atoms with Crippen molar-refractivity contribution in [1.29, 1.82) is 0 Å². The minimum atomic E-state index is -0.296. The van der Waals surface area contributed by atoms with Crippen molar-refractivity contribution in [2.24, 2.45) is 0 Å². The molecule has 23 heavy (non-hydrogen) atoms. The molecule has 1 amide bonds. The summed E-state index contributed by atoms with van der Waals surface area (Å²) in [7, 11) is 0. The number of amides is 1. The lowest BCUT2D eigenvalue weighted by Crippen LogP contribution is -2.30. The second kappa shape index (κ2) is 7.06. The maximum atomic E-state index is 12.2. The standard InChI is InChI=1S/C17H15ClN2O2S/c1-11(16(21)19-10-12-6-8-13(18)9-7-12)23-17-20-14-4-2-3-5-15(14)22-17/h2-9,11H,10H2,1H3,(H,19,21). The zero-order valence-electron chi connectivity index (χ0n) is 12.5. The Balaban J connectivity index is 1.57. The topological polar surface area (TPSA) is 55.1 Å². The van der Waals surface area contributed by atoms with Crippen LogP contribution in [-0.4, -0.2) is 16.1 Å². The molecule has 2 aromatic carbocycles. The Bertz CT molecular complexity index is 784. The summed E-state index contributed by atoms with van der Waals surface area (Å²) in [5.74, 6) is -0.0628. The van der Waals surface area contributed by atoms with Crippen LogP contribution in [0.1, 0.15) is 12.5 Å². The van der Waals surface area contributed by atoms with Crippen molar-refractivity contribution < 1.29 is 9.21 Å². The number of hydrogen-bond acceptors (Lipinski definition) is 4. The molecule has 6 heteroatoms. The van der Waals surface area contributed by atoms with E-state index in [-0.39, 0.29) is 11.2 Å². The number of nitrogens with zero attached hydrogens (tertiary/aromatic N) is 1. The maximum absolute atomic E-state index is 12.2. The molecule has 0 fully saturated rings. The van der Waals surface area contributed by atoms with Crippen molar-refractivity contribution in [3.8, 4) is 0 Å². The molecular weight excluding hydrogens is 332 g/mol. The number of halogens is 1. The fourth-order valence-electron chi connectivity index (χ4n) is 2.04. The number of nitrogens with one attached hydrogen (secondary N) is 1. The Morgan fingerprint density at radius 3 is 2.74 bits per heavy atom. The summed E-state index contributed by atoms with van der Waals surface area (Å²) in [6, 6.07) is 14.9. The highest BCUT2D eigenvalue weighted by Crippen LogP contribution is 2.26. The third-order valence-electron chi connectivity index (χ3n) is 3.30. The molecule has 1 N–H and O–H groups in total. The van der Waals surface area contributed by atoms with Crippen molar-refractivity contribution in [3.63, 3.8) is 0 Å². The fraction of sp³-hybridized carbons (Fsp3) is 0.176. The second-order valence-electron chi connectivity index (χ2n) is 5.05. The minimum Gasteiger partial charge on any atom is -0.431 e. The Kier molecular flexibility index (Phi) is 4.88. The van der Waals surface area contributed by atoms with Gasteiger partial charge >= 0.3 is 0 Å². The maximum Gasteiger partial charge on any atom is 0.257 e. The molecule has 3 rings (SSSR count). The molecule has 0 aliphatic rings. The van der Waals surface area contributed by atoms with Gasteiger partial charge in [-0.3, -0.25) is 4.79 Å². The van der Waals surface area contributed by atoms with E-state index in [2.05, 4.69) is 10.3 Å². The summed E-state index contributed by atoms with van der Waals surface area (Å²) in [4.78, 5) is 16.5. The highest BCUT2D eigenvalue weighted by Gasteiger charge is 2.17. The molecule has 0 saturated carbocycles. The smallest absolute Gasteiger partial charge is 0.257 e. The number of carbonyl (C=O) groups excluding carboxylic acids is 1. The van der Waals surface area contributed by atoms with Crippen LogP contribution in [0.2, 0.25) is 5.02 Å². The average Bonchev–Trinajstić information content (AvgIpc) is 2.96. The van der Waals surface area contributed by atoms with Crippen molar-refractivity contribution >= 4 is 40.4 Å². The normalized spacial score (nSPS) is 12.3. The van der Waals surface area contributed by atoms with Crippen LogP contribution >= 0.6 is 23.4 Å². The first-order valence-corrected chi connectivity index (χ1v) is 8.42. The highest BCUT2D eigenvalue weighted by molar-refractivity contribution is 8.00. The van der Waals surface area contributed by atoms with E-state index in [1.165, 1.54) is 11.8 Å². The zero-order valence-corrected chi connectivity index (χ0v) is 14.0. The number of fused-ring (bicyclic) bond motifs is 1. The first kappa shape index (κ1) is 15.9. The molecule has 1 aromatic heterocycles. The van der Waals surface area contributed by atoms with Crippen LogP contribution in [0.4, 0.5) is 0 Å². The van der Waals surface area contributed by atoms with Crippen LogP contribution in [-0.2, 0) is 11.3 Å². The lowest BCUT2D eigenvalue weighted by atomic mass is 10.2. The molecule has 0 bridgehead atoms. The molecule has 4 nitrogen and oxygen atoms in total. The van der Waals surface area contributed by atoms with Crippen LogP contribution in [0.25, 0.3) is 11.1 Å². The number of rotatable bonds is 5. The molecule has 3 aromatic rings. The monoisotopic (exact) mass is 346 g/mol. The number of carbonyl (C=O) groups is 1. The molecule has 1 atom stereocenters. The number of aromatic nitrogens is 1. The van der Waals surface area contributed by atoms with Crippen LogP contribution in [0.3, 0.4) is 0 Å². The van der Waals surface area contributed by atoms with E-state index in [1.54, 1.807) is 12.1 Å². The molecule has 0 aliphatic heterocycles. The van der Waals surface area contributed by atoms with Gasteiger partial charge < -0.3 is 9.73 Å². The number of benzene rings is 2. The van der Waals surface area contributed by atoms with E-state index in [9.17, 15) is 4.79 Å². The minimum absolute atomic E-state index is 0.0628. The van der Waals surface area contributed by atoms with E-state index in [4.69, 9.17) is 16.0 Å². The summed E-state index contributed by atoms with van der Waals surface area (Å²) in [5, 5.41) is 3.78. The summed E-state index contributed by atoms with van der Waals surface area (Å²) in [5.41, 5.74) is 2.52. The van der Waals surface area contributed by atoms with E-state index in [1.807, 2.05) is 43.3 Å². The molecule has 118 valence electrons. The van der Waals surface area contributed by atoms with Gasteiger partial charge in [0.05, 0.1) is 5.25 Å². The van der Waals surface area contributed by atoms with E-state index in [0.717, 1.165) is 16.7 Å². The number of para-hydroxylation sites is 2. The van der Waals surface area contributed by atoms with Crippen LogP contribution in [0.5, 0.6) is 0 Å². The number of oxazole rings is 1. The molecule has 0 aliphatic carbocycles. The second-order valence-corrected chi connectivity index (χ2v) is 6.78. The van der Waals surface area contributed by atoms with Gasteiger partial charge in [0.2, 0.25) is 5.91 Å². The first-order chi connectivity index (χ1) is 11.1. The van der Waals surface area contributed by atoms with E-state index in [0.29, 0.717) is 16.8 Å². The number of hydrogen-bond donors (Lipinski definition) is 1. The summed E-state index contributed by atoms with van der Waals surface area (Å²) in [6.07, 6.45) is 0. The van der Waals surface area contributed by atoms with Crippen molar-refractivity contribution in [2.75, 3.05) is 0 Å². The highest BCUT2D eigenvalue weighted by atomic mass is 35.5. The first-order valence-electron chi connectivity index (χ1n) is 7.16. The Hall–Kier alpha value is -1.98.